The average molecular weight is 475 g/mol. The molecule has 0 spiro atoms. The lowest BCUT2D eigenvalue weighted by Crippen LogP contribution is -2.49. The molecule has 2 amide bonds. The van der Waals surface area contributed by atoms with Gasteiger partial charge in [-0.1, -0.05) is 60.7 Å². The molecule has 0 aliphatic heterocycles. The monoisotopic (exact) mass is 474 g/mol. The van der Waals surface area contributed by atoms with E-state index in [1.807, 2.05) is 42.5 Å². The number of primary amides is 1. The van der Waals surface area contributed by atoms with Gasteiger partial charge < -0.3 is 28.3 Å². The normalized spacial score (nSPS) is 12.5. The fraction of sp³-hybridized carbons (Fsp3) is 0.231. The Balaban J connectivity index is 1.91. The van der Waals surface area contributed by atoms with Gasteiger partial charge in [-0.15, -0.1) is 0 Å². The van der Waals surface area contributed by atoms with E-state index in [9.17, 15) is 14.4 Å². The molecule has 3 rings (SSSR count). The second-order valence-electron chi connectivity index (χ2n) is 8.24. The van der Waals surface area contributed by atoms with Crippen LogP contribution in [0.1, 0.15) is 39.1 Å². The number of benzene rings is 3. The molecule has 9 nitrogen and oxygen atoms in total. The highest BCUT2D eigenvalue weighted by Gasteiger charge is 2.28. The third-order valence-corrected chi connectivity index (χ3v) is 5.65. The molecule has 0 saturated carbocycles. The van der Waals surface area contributed by atoms with E-state index in [1.54, 1.807) is 18.2 Å². The molecule has 182 valence electrons. The van der Waals surface area contributed by atoms with Crippen molar-refractivity contribution in [3.05, 3.63) is 83.4 Å². The van der Waals surface area contributed by atoms with Crippen molar-refractivity contribution in [2.45, 2.75) is 31.3 Å². The summed E-state index contributed by atoms with van der Waals surface area (Å²) in [6.07, 6.45) is 0.961. The molecule has 0 aromatic heterocycles. The highest BCUT2D eigenvalue weighted by Crippen LogP contribution is 2.25. The standard InChI is InChI=1S/C26H30N6O3/c27-20(15-16-7-2-1-3-8-16)25(35)32-21(11-6-14-31-26(29)30)23(33)22-18-10-5-4-9-17(18)12-13-19(22)24(28)34/h1-5,7-10,12-13,20-21H,6,11,14-15,27H2,(H2,28,34)(H,32,35)(H4,29,30,31)/t20-,21-/m0/s1. The van der Waals surface area contributed by atoms with Crippen LogP contribution in [0.3, 0.4) is 0 Å². The molecule has 0 fully saturated rings. The van der Waals surface area contributed by atoms with Crippen LogP contribution < -0.4 is 28.3 Å². The summed E-state index contributed by atoms with van der Waals surface area (Å²) in [5, 5.41) is 4.12. The maximum Gasteiger partial charge on any atom is 0.249 e. The highest BCUT2D eigenvalue weighted by molar-refractivity contribution is 6.18. The van der Waals surface area contributed by atoms with Gasteiger partial charge in [-0.25, -0.2) is 0 Å². The molecule has 0 saturated heterocycles. The molecule has 0 unspecified atom stereocenters. The molecule has 3 aromatic carbocycles. The first kappa shape index (κ1) is 25.4. The number of hydrogen-bond donors (Lipinski definition) is 5. The Kier molecular flexibility index (Phi) is 8.53. The average Bonchev–Trinajstić information content (AvgIpc) is 2.84. The number of carbonyl (C=O) groups excluding carboxylic acids is 3. The lowest BCUT2D eigenvalue weighted by Gasteiger charge is -2.22. The van der Waals surface area contributed by atoms with Crippen molar-refractivity contribution >= 4 is 34.3 Å². The van der Waals surface area contributed by atoms with Gasteiger partial charge in [-0.2, -0.15) is 0 Å². The zero-order valence-corrected chi connectivity index (χ0v) is 19.3. The van der Waals surface area contributed by atoms with Gasteiger partial charge in [-0.05, 0) is 41.7 Å². The van der Waals surface area contributed by atoms with Gasteiger partial charge in [-0.3, -0.25) is 19.4 Å². The summed E-state index contributed by atoms with van der Waals surface area (Å²) in [5.74, 6) is -1.70. The predicted molar refractivity (Wildman–Crippen MR) is 137 cm³/mol. The van der Waals surface area contributed by atoms with E-state index < -0.39 is 29.7 Å². The van der Waals surface area contributed by atoms with Crippen molar-refractivity contribution < 1.29 is 14.4 Å². The van der Waals surface area contributed by atoms with Crippen LogP contribution in [0, 0.1) is 0 Å². The number of rotatable bonds is 11. The number of aliphatic imine (C=N–C) groups is 1. The van der Waals surface area contributed by atoms with E-state index in [0.717, 1.165) is 10.9 Å². The minimum absolute atomic E-state index is 0.0631. The summed E-state index contributed by atoms with van der Waals surface area (Å²) in [7, 11) is 0. The predicted octanol–water partition coefficient (Wildman–Crippen LogP) is 1.23. The molecular formula is C26H30N6O3. The van der Waals surface area contributed by atoms with Crippen molar-refractivity contribution in [2.75, 3.05) is 6.54 Å². The van der Waals surface area contributed by atoms with Gasteiger partial charge in [0.2, 0.25) is 11.8 Å². The maximum absolute atomic E-state index is 13.8. The van der Waals surface area contributed by atoms with Crippen molar-refractivity contribution in [2.24, 2.45) is 27.9 Å². The summed E-state index contributed by atoms with van der Waals surface area (Å²) < 4.78 is 0. The maximum atomic E-state index is 13.8. The van der Waals surface area contributed by atoms with Gasteiger partial charge >= 0.3 is 0 Å². The van der Waals surface area contributed by atoms with Crippen LogP contribution >= 0.6 is 0 Å². The van der Waals surface area contributed by atoms with Crippen LogP contribution in [0.5, 0.6) is 0 Å². The van der Waals surface area contributed by atoms with E-state index in [-0.39, 0.29) is 30.1 Å². The first-order valence-corrected chi connectivity index (χ1v) is 11.3. The van der Waals surface area contributed by atoms with Crippen LogP contribution in [0.4, 0.5) is 0 Å². The van der Waals surface area contributed by atoms with Crippen molar-refractivity contribution in [1.29, 1.82) is 0 Å². The van der Waals surface area contributed by atoms with Gasteiger partial charge in [0, 0.05) is 12.1 Å². The number of amides is 2. The van der Waals surface area contributed by atoms with Crippen LogP contribution in [-0.4, -0.2) is 42.2 Å². The van der Waals surface area contributed by atoms with Gasteiger partial charge in [0.05, 0.1) is 17.6 Å². The molecule has 0 radical (unpaired) electrons. The topological polar surface area (TPSA) is 180 Å². The Morgan fingerprint density at radius 3 is 2.26 bits per heavy atom. The number of guanidine groups is 1. The fourth-order valence-corrected chi connectivity index (χ4v) is 3.93. The molecule has 0 bridgehead atoms. The van der Waals surface area contributed by atoms with Crippen molar-refractivity contribution in [1.82, 2.24) is 5.32 Å². The number of ketones is 1. The minimum atomic E-state index is -0.956. The quantitative estimate of drug-likeness (QED) is 0.121. The molecular weight excluding hydrogens is 444 g/mol. The van der Waals surface area contributed by atoms with E-state index in [1.165, 1.54) is 6.07 Å². The van der Waals surface area contributed by atoms with E-state index in [2.05, 4.69) is 10.3 Å². The number of fused-ring (bicyclic) bond motifs is 1. The molecule has 2 atom stereocenters. The molecule has 0 aliphatic rings. The number of nitrogens with zero attached hydrogens (tertiary/aromatic N) is 1. The second-order valence-corrected chi connectivity index (χ2v) is 8.24. The van der Waals surface area contributed by atoms with Crippen molar-refractivity contribution in [3.8, 4) is 0 Å². The zero-order chi connectivity index (χ0) is 25.4. The van der Waals surface area contributed by atoms with Crippen LogP contribution in [0.2, 0.25) is 0 Å². The van der Waals surface area contributed by atoms with E-state index in [0.29, 0.717) is 18.2 Å². The lowest BCUT2D eigenvalue weighted by molar-refractivity contribution is -0.122. The summed E-state index contributed by atoms with van der Waals surface area (Å²) in [6.45, 7) is 0.274. The summed E-state index contributed by atoms with van der Waals surface area (Å²) in [4.78, 5) is 42.9. The third-order valence-electron chi connectivity index (χ3n) is 5.65. The molecule has 9 heteroatoms. The Labute approximate surface area is 203 Å². The lowest BCUT2D eigenvalue weighted by atomic mass is 9.90. The number of nitrogens with two attached hydrogens (primary N) is 4. The van der Waals surface area contributed by atoms with Crippen LogP contribution in [-0.2, 0) is 11.2 Å². The number of hydrogen-bond acceptors (Lipinski definition) is 5. The summed E-state index contributed by atoms with van der Waals surface area (Å²) >= 11 is 0. The molecule has 0 heterocycles. The molecule has 9 N–H and O–H groups in total. The largest absolute Gasteiger partial charge is 0.370 e. The Morgan fingerprint density at radius 1 is 0.886 bits per heavy atom. The third kappa shape index (κ3) is 6.64. The number of nitrogens with one attached hydrogen (secondary N) is 1. The van der Waals surface area contributed by atoms with Gasteiger partial charge in [0.1, 0.15) is 0 Å². The zero-order valence-electron chi connectivity index (χ0n) is 19.3. The van der Waals surface area contributed by atoms with Crippen LogP contribution in [0.15, 0.2) is 71.7 Å². The SMILES string of the molecule is NC(=O)c1ccc2ccccc2c1C(=O)[C@H](CCCN=C(N)N)NC(=O)[C@@H](N)Cc1ccccc1. The Hall–Kier alpha value is -4.24. The summed E-state index contributed by atoms with van der Waals surface area (Å²) in [6, 6.07) is 18.0. The number of Topliss-reactive ketones (excluding diaryl/α,β-unsaturated/α-hetero) is 1. The van der Waals surface area contributed by atoms with Gasteiger partial charge in [0.15, 0.2) is 11.7 Å². The molecule has 3 aromatic rings. The Morgan fingerprint density at radius 2 is 1.57 bits per heavy atom. The highest BCUT2D eigenvalue weighted by atomic mass is 16.2. The minimum Gasteiger partial charge on any atom is -0.370 e. The first-order valence-electron chi connectivity index (χ1n) is 11.3. The van der Waals surface area contributed by atoms with E-state index >= 15 is 0 Å². The summed E-state index contributed by atoms with van der Waals surface area (Å²) in [5.41, 5.74) is 23.7. The van der Waals surface area contributed by atoms with Crippen molar-refractivity contribution in [3.63, 3.8) is 0 Å². The second kappa shape index (κ2) is 11.8. The van der Waals surface area contributed by atoms with Crippen LogP contribution in [0.25, 0.3) is 10.8 Å². The molecule has 35 heavy (non-hydrogen) atoms. The fourth-order valence-electron chi connectivity index (χ4n) is 3.93. The van der Waals surface area contributed by atoms with Gasteiger partial charge in [0.25, 0.3) is 0 Å². The van der Waals surface area contributed by atoms with E-state index in [4.69, 9.17) is 22.9 Å². The first-order chi connectivity index (χ1) is 16.8. The smallest absolute Gasteiger partial charge is 0.249 e. The number of carbonyl (C=O) groups is 3. The Bertz CT molecular complexity index is 1240. The molecule has 0 aliphatic carbocycles.